The Hall–Kier alpha value is -0.0600. The fourth-order valence-corrected chi connectivity index (χ4v) is 1.32. The molecule has 0 saturated heterocycles. The first kappa shape index (κ1) is 7.05. The number of nitrogens with one attached hydrogen (secondary N) is 1. The molecule has 0 saturated carbocycles. The van der Waals surface area contributed by atoms with Crippen molar-refractivity contribution in [2.45, 2.75) is 20.3 Å². The second-order valence-corrected chi connectivity index (χ2v) is 3.04. The number of nitrogens with zero attached hydrogens (tertiary/aromatic N) is 1. The van der Waals surface area contributed by atoms with Crippen molar-refractivity contribution in [2.75, 3.05) is 0 Å². The van der Waals surface area contributed by atoms with Gasteiger partial charge in [0.05, 0.1) is 9.26 Å². The normalized spacial score (nSPS) is 10.1. The van der Waals surface area contributed by atoms with Gasteiger partial charge in [-0.3, -0.25) is 5.10 Å². The Morgan fingerprint density at radius 3 is 2.56 bits per heavy atom. The molecular formula is C6H9IN2. The second kappa shape index (κ2) is 2.68. The molecule has 1 aromatic rings. The van der Waals surface area contributed by atoms with Crippen LogP contribution in [-0.4, -0.2) is 10.2 Å². The van der Waals surface area contributed by atoms with Crippen molar-refractivity contribution in [1.82, 2.24) is 10.2 Å². The van der Waals surface area contributed by atoms with E-state index in [0.29, 0.717) is 0 Å². The van der Waals surface area contributed by atoms with Gasteiger partial charge in [0.1, 0.15) is 0 Å². The summed E-state index contributed by atoms with van der Waals surface area (Å²) >= 11 is 2.31. The molecule has 0 aliphatic carbocycles. The van der Waals surface area contributed by atoms with Crippen LogP contribution in [0.15, 0.2) is 0 Å². The molecule has 50 valence electrons. The van der Waals surface area contributed by atoms with E-state index >= 15 is 0 Å². The van der Waals surface area contributed by atoms with Crippen molar-refractivity contribution in [3.8, 4) is 0 Å². The van der Waals surface area contributed by atoms with Crippen molar-refractivity contribution >= 4 is 22.6 Å². The lowest BCUT2D eigenvalue weighted by Gasteiger charge is -1.86. The SMILES string of the molecule is CCc1n[nH]c(C)c1I. The lowest BCUT2D eigenvalue weighted by atomic mass is 10.3. The largest absolute Gasteiger partial charge is 0.281 e. The van der Waals surface area contributed by atoms with Crippen molar-refractivity contribution in [3.63, 3.8) is 0 Å². The monoisotopic (exact) mass is 236 g/mol. The molecule has 0 atom stereocenters. The number of aromatic nitrogens is 2. The highest BCUT2D eigenvalue weighted by molar-refractivity contribution is 14.1. The summed E-state index contributed by atoms with van der Waals surface area (Å²) in [7, 11) is 0. The van der Waals surface area contributed by atoms with Crippen molar-refractivity contribution in [3.05, 3.63) is 15.0 Å². The molecule has 1 heterocycles. The fraction of sp³-hybridized carbons (Fsp3) is 0.500. The zero-order chi connectivity index (χ0) is 6.85. The Bertz CT molecular complexity index is 205. The third kappa shape index (κ3) is 1.26. The molecule has 9 heavy (non-hydrogen) atoms. The van der Waals surface area contributed by atoms with Crippen LogP contribution >= 0.6 is 22.6 Å². The maximum Gasteiger partial charge on any atom is 0.0755 e. The highest BCUT2D eigenvalue weighted by Crippen LogP contribution is 2.12. The summed E-state index contributed by atoms with van der Waals surface area (Å²) in [6.07, 6.45) is 1.02. The number of hydrogen-bond acceptors (Lipinski definition) is 1. The molecule has 0 amide bonds. The molecule has 0 radical (unpaired) electrons. The zero-order valence-electron chi connectivity index (χ0n) is 5.53. The van der Waals surface area contributed by atoms with Crippen LogP contribution in [0.2, 0.25) is 0 Å². The van der Waals surface area contributed by atoms with Crippen LogP contribution in [0, 0.1) is 10.5 Å². The number of halogens is 1. The van der Waals surface area contributed by atoms with Gasteiger partial charge in [-0.1, -0.05) is 6.92 Å². The first-order valence-corrected chi connectivity index (χ1v) is 4.03. The third-order valence-corrected chi connectivity index (χ3v) is 2.71. The van der Waals surface area contributed by atoms with Gasteiger partial charge in [-0.05, 0) is 35.9 Å². The Morgan fingerprint density at radius 1 is 1.67 bits per heavy atom. The van der Waals surface area contributed by atoms with Gasteiger partial charge in [0.25, 0.3) is 0 Å². The summed E-state index contributed by atoms with van der Waals surface area (Å²) in [6.45, 7) is 4.14. The van der Waals surface area contributed by atoms with Gasteiger partial charge in [-0.2, -0.15) is 5.10 Å². The minimum Gasteiger partial charge on any atom is -0.281 e. The molecule has 2 nitrogen and oxygen atoms in total. The predicted octanol–water partition coefficient (Wildman–Crippen LogP) is 1.89. The Morgan fingerprint density at radius 2 is 2.33 bits per heavy atom. The minimum absolute atomic E-state index is 1.02. The van der Waals surface area contributed by atoms with Crippen LogP contribution in [0.1, 0.15) is 18.3 Å². The number of aromatic amines is 1. The molecule has 0 aliphatic rings. The number of rotatable bonds is 1. The number of hydrogen-bond donors (Lipinski definition) is 1. The van der Waals surface area contributed by atoms with Gasteiger partial charge < -0.3 is 0 Å². The van der Waals surface area contributed by atoms with Gasteiger partial charge in [-0.15, -0.1) is 0 Å². The molecule has 1 rings (SSSR count). The third-order valence-electron chi connectivity index (χ3n) is 1.28. The van der Waals surface area contributed by atoms with E-state index in [1.807, 2.05) is 6.92 Å². The molecule has 0 unspecified atom stereocenters. The summed E-state index contributed by atoms with van der Waals surface area (Å²) in [6, 6.07) is 0. The van der Waals surface area contributed by atoms with E-state index in [4.69, 9.17) is 0 Å². The highest BCUT2D eigenvalue weighted by atomic mass is 127. The minimum atomic E-state index is 1.02. The smallest absolute Gasteiger partial charge is 0.0755 e. The second-order valence-electron chi connectivity index (χ2n) is 1.96. The van der Waals surface area contributed by atoms with Gasteiger partial charge in [0.15, 0.2) is 0 Å². The lowest BCUT2D eigenvalue weighted by Crippen LogP contribution is -1.81. The maximum absolute atomic E-state index is 4.10. The molecule has 0 aromatic carbocycles. The first-order valence-electron chi connectivity index (χ1n) is 2.95. The Kier molecular flexibility index (Phi) is 2.10. The molecule has 0 bridgehead atoms. The van der Waals surface area contributed by atoms with Crippen LogP contribution in [-0.2, 0) is 6.42 Å². The summed E-state index contributed by atoms with van der Waals surface area (Å²) in [5, 5.41) is 7.03. The summed E-state index contributed by atoms with van der Waals surface area (Å²) in [5.41, 5.74) is 2.35. The van der Waals surface area contributed by atoms with Crippen molar-refractivity contribution < 1.29 is 0 Å². The Balaban J connectivity index is 3.04. The van der Waals surface area contributed by atoms with Crippen molar-refractivity contribution in [2.24, 2.45) is 0 Å². The number of aryl methyl sites for hydroxylation is 2. The van der Waals surface area contributed by atoms with Crippen LogP contribution in [0.25, 0.3) is 0 Å². The van der Waals surface area contributed by atoms with Gasteiger partial charge >= 0.3 is 0 Å². The number of H-pyrrole nitrogens is 1. The lowest BCUT2D eigenvalue weighted by molar-refractivity contribution is 0.961. The van der Waals surface area contributed by atoms with Gasteiger partial charge in [0, 0.05) is 5.69 Å². The van der Waals surface area contributed by atoms with Gasteiger partial charge in [-0.25, -0.2) is 0 Å². The highest BCUT2D eigenvalue weighted by Gasteiger charge is 2.02. The predicted molar refractivity (Wildman–Crippen MR) is 45.4 cm³/mol. The van der Waals surface area contributed by atoms with Gasteiger partial charge in [0.2, 0.25) is 0 Å². The zero-order valence-corrected chi connectivity index (χ0v) is 7.69. The first-order chi connectivity index (χ1) is 4.25. The molecule has 0 fully saturated rings. The molecule has 0 spiro atoms. The molecular weight excluding hydrogens is 227 g/mol. The van der Waals surface area contributed by atoms with Crippen LogP contribution in [0.5, 0.6) is 0 Å². The van der Waals surface area contributed by atoms with E-state index in [1.165, 1.54) is 15.0 Å². The summed E-state index contributed by atoms with van der Waals surface area (Å²) in [5.74, 6) is 0. The summed E-state index contributed by atoms with van der Waals surface area (Å²) < 4.78 is 1.27. The molecule has 1 aromatic heterocycles. The average Bonchev–Trinajstić information content (AvgIpc) is 2.15. The average molecular weight is 236 g/mol. The van der Waals surface area contributed by atoms with E-state index in [2.05, 4.69) is 39.7 Å². The van der Waals surface area contributed by atoms with E-state index < -0.39 is 0 Å². The molecule has 1 N–H and O–H groups in total. The van der Waals surface area contributed by atoms with E-state index in [1.54, 1.807) is 0 Å². The van der Waals surface area contributed by atoms with Crippen LogP contribution in [0.4, 0.5) is 0 Å². The summed E-state index contributed by atoms with van der Waals surface area (Å²) in [4.78, 5) is 0. The molecule has 3 heteroatoms. The fourth-order valence-electron chi connectivity index (χ4n) is 0.700. The Labute approximate surface area is 68.2 Å². The quantitative estimate of drug-likeness (QED) is 0.741. The topological polar surface area (TPSA) is 28.7 Å². The maximum atomic E-state index is 4.10. The van der Waals surface area contributed by atoms with Crippen LogP contribution < -0.4 is 0 Å². The molecule has 0 aliphatic heterocycles. The van der Waals surface area contributed by atoms with E-state index in [9.17, 15) is 0 Å². The van der Waals surface area contributed by atoms with E-state index in [-0.39, 0.29) is 0 Å². The van der Waals surface area contributed by atoms with E-state index in [0.717, 1.165) is 6.42 Å². The van der Waals surface area contributed by atoms with Crippen LogP contribution in [0.3, 0.4) is 0 Å². The van der Waals surface area contributed by atoms with Crippen molar-refractivity contribution in [1.29, 1.82) is 0 Å². The standard InChI is InChI=1S/C6H9IN2/c1-3-5-6(7)4(2)8-9-5/h3H2,1-2H3,(H,8,9).